The molecular weight excluding hydrogens is 366 g/mol. The molecule has 1 aromatic heterocycles. The van der Waals surface area contributed by atoms with Crippen molar-refractivity contribution < 1.29 is 9.53 Å². The van der Waals surface area contributed by atoms with E-state index in [1.54, 1.807) is 24.4 Å². The van der Waals surface area contributed by atoms with Gasteiger partial charge in [-0.05, 0) is 29.2 Å². The third-order valence-corrected chi connectivity index (χ3v) is 4.63. The number of hydrogen-bond donors (Lipinski definition) is 4. The Morgan fingerprint density at radius 1 is 0.966 bits per heavy atom. The number of rotatable bonds is 7. The topological polar surface area (TPSA) is 131 Å². The first-order chi connectivity index (χ1) is 13.9. The van der Waals surface area contributed by atoms with Gasteiger partial charge in [0.05, 0.1) is 12.7 Å². The van der Waals surface area contributed by atoms with Crippen molar-refractivity contribution in [1.29, 1.82) is 10.8 Å². The van der Waals surface area contributed by atoms with Gasteiger partial charge in [-0.15, -0.1) is 0 Å². The molecule has 0 saturated heterocycles. The predicted molar refractivity (Wildman–Crippen MR) is 113 cm³/mol. The van der Waals surface area contributed by atoms with E-state index in [0.717, 1.165) is 16.7 Å². The number of benzene rings is 2. The first kappa shape index (κ1) is 19.9. The van der Waals surface area contributed by atoms with Crippen molar-refractivity contribution in [3.05, 3.63) is 94.3 Å². The Labute approximate surface area is 168 Å². The minimum atomic E-state index is -0.392. The molecule has 0 saturated carbocycles. The zero-order valence-corrected chi connectivity index (χ0v) is 16.1. The molecule has 6 N–H and O–H groups in total. The van der Waals surface area contributed by atoms with Gasteiger partial charge >= 0.3 is 5.97 Å². The molecule has 29 heavy (non-hydrogen) atoms. The number of nitrogens with two attached hydrogens (primary N) is 2. The summed E-state index contributed by atoms with van der Waals surface area (Å²) in [7, 11) is 1.36. The highest BCUT2D eigenvalue weighted by Crippen LogP contribution is 2.19. The predicted octanol–water partition coefficient (Wildman–Crippen LogP) is 2.48. The summed E-state index contributed by atoms with van der Waals surface area (Å²) in [6, 6.07) is 14.8. The lowest BCUT2D eigenvalue weighted by Gasteiger charge is -2.06. The monoisotopic (exact) mass is 389 g/mol. The summed E-state index contributed by atoms with van der Waals surface area (Å²) in [5.41, 5.74) is 15.7. The highest BCUT2D eigenvalue weighted by Gasteiger charge is 2.16. The van der Waals surface area contributed by atoms with Crippen LogP contribution in [-0.2, 0) is 17.7 Å². The normalized spacial score (nSPS) is 10.5. The third kappa shape index (κ3) is 4.70. The van der Waals surface area contributed by atoms with Gasteiger partial charge < -0.3 is 20.8 Å². The molecule has 7 nitrogen and oxygen atoms in total. The lowest BCUT2D eigenvalue weighted by molar-refractivity contribution is 0.0599. The second-order valence-electron chi connectivity index (χ2n) is 6.76. The quantitative estimate of drug-likeness (QED) is 0.281. The highest BCUT2D eigenvalue weighted by molar-refractivity contribution is 5.95. The van der Waals surface area contributed by atoms with E-state index in [1.165, 1.54) is 7.11 Å². The van der Waals surface area contributed by atoms with Gasteiger partial charge in [0.25, 0.3) is 0 Å². The molecule has 0 aliphatic carbocycles. The Morgan fingerprint density at radius 2 is 1.66 bits per heavy atom. The maximum Gasteiger partial charge on any atom is 0.339 e. The molecule has 2 aromatic carbocycles. The van der Waals surface area contributed by atoms with Crippen molar-refractivity contribution in [1.82, 2.24) is 4.57 Å². The molecule has 1 heterocycles. The zero-order valence-electron chi connectivity index (χ0n) is 16.1. The number of esters is 1. The van der Waals surface area contributed by atoms with Crippen LogP contribution in [0, 0.1) is 10.8 Å². The van der Waals surface area contributed by atoms with E-state index in [2.05, 4.69) is 0 Å². The van der Waals surface area contributed by atoms with Gasteiger partial charge in [0.1, 0.15) is 11.7 Å². The summed E-state index contributed by atoms with van der Waals surface area (Å²) in [4.78, 5) is 12.3. The number of nitrogen functional groups attached to an aromatic ring is 2. The van der Waals surface area contributed by atoms with Gasteiger partial charge in [-0.25, -0.2) is 4.79 Å². The number of ether oxygens (including phenoxy) is 1. The molecule has 0 spiro atoms. The van der Waals surface area contributed by atoms with E-state index in [9.17, 15) is 4.79 Å². The van der Waals surface area contributed by atoms with Crippen LogP contribution in [0.15, 0.2) is 60.9 Å². The number of methoxy groups -OCH3 is 1. The van der Waals surface area contributed by atoms with Crippen LogP contribution < -0.4 is 11.5 Å². The zero-order chi connectivity index (χ0) is 21.0. The van der Waals surface area contributed by atoms with Crippen molar-refractivity contribution in [2.75, 3.05) is 7.11 Å². The smallest absolute Gasteiger partial charge is 0.339 e. The van der Waals surface area contributed by atoms with E-state index in [1.807, 2.05) is 41.1 Å². The van der Waals surface area contributed by atoms with Crippen LogP contribution in [0.1, 0.15) is 38.2 Å². The van der Waals surface area contributed by atoms with Gasteiger partial charge in [0, 0.05) is 30.1 Å². The Morgan fingerprint density at radius 3 is 2.28 bits per heavy atom. The highest BCUT2D eigenvalue weighted by atomic mass is 16.5. The fraction of sp³-hybridized carbons (Fsp3) is 0.136. The number of aromatic nitrogens is 1. The van der Waals surface area contributed by atoms with Gasteiger partial charge in [-0.2, -0.15) is 0 Å². The van der Waals surface area contributed by atoms with Crippen molar-refractivity contribution in [2.24, 2.45) is 11.5 Å². The van der Waals surface area contributed by atoms with Gasteiger partial charge in [-0.3, -0.25) is 10.8 Å². The Kier molecular flexibility index (Phi) is 5.78. The standard InChI is InChI=1S/C22H23N5O2/c1-29-22(28)19-13-27(11-15-3-2-4-17(10-15)21(25)26)12-18(19)9-14-5-7-16(8-6-14)20(23)24/h2-8,10,12-13H,9,11H2,1H3,(H3,23,24)(H3,25,26). The average molecular weight is 389 g/mol. The molecule has 3 aromatic rings. The third-order valence-electron chi connectivity index (χ3n) is 4.63. The molecule has 0 atom stereocenters. The van der Waals surface area contributed by atoms with Gasteiger partial charge in [0.15, 0.2) is 0 Å². The Hall–Kier alpha value is -3.87. The second-order valence-corrected chi connectivity index (χ2v) is 6.76. The maximum absolute atomic E-state index is 12.3. The molecule has 0 amide bonds. The number of nitrogens with one attached hydrogen (secondary N) is 2. The van der Waals surface area contributed by atoms with Crippen LogP contribution in [-0.4, -0.2) is 29.3 Å². The fourth-order valence-electron chi connectivity index (χ4n) is 3.15. The van der Waals surface area contributed by atoms with Crippen LogP contribution in [0.25, 0.3) is 0 Å². The summed E-state index contributed by atoms with van der Waals surface area (Å²) in [5, 5.41) is 15.1. The van der Waals surface area contributed by atoms with E-state index < -0.39 is 5.97 Å². The molecule has 0 radical (unpaired) electrons. The van der Waals surface area contributed by atoms with Gasteiger partial charge in [0.2, 0.25) is 0 Å². The molecule has 0 fully saturated rings. The summed E-state index contributed by atoms with van der Waals surface area (Å²) in [6.45, 7) is 0.536. The summed E-state index contributed by atoms with van der Waals surface area (Å²) >= 11 is 0. The second kappa shape index (κ2) is 8.43. The first-order valence-electron chi connectivity index (χ1n) is 9.01. The number of nitrogens with zero attached hydrogens (tertiary/aromatic N) is 1. The minimum absolute atomic E-state index is 0.0179. The Balaban J connectivity index is 1.88. The van der Waals surface area contributed by atoms with Crippen LogP contribution in [0.2, 0.25) is 0 Å². The van der Waals surface area contributed by atoms with E-state index in [-0.39, 0.29) is 11.7 Å². The largest absolute Gasteiger partial charge is 0.465 e. The molecule has 0 bridgehead atoms. The molecule has 0 aliphatic heterocycles. The van der Waals surface area contributed by atoms with Crippen LogP contribution in [0.3, 0.4) is 0 Å². The fourth-order valence-corrected chi connectivity index (χ4v) is 3.15. The Bertz CT molecular complexity index is 1070. The molecule has 0 unspecified atom stereocenters. The molecule has 0 aliphatic rings. The van der Waals surface area contributed by atoms with Gasteiger partial charge in [-0.1, -0.05) is 42.5 Å². The number of amidine groups is 2. The lowest BCUT2D eigenvalue weighted by Crippen LogP contribution is -2.11. The number of hydrogen-bond acceptors (Lipinski definition) is 4. The first-order valence-corrected chi connectivity index (χ1v) is 9.01. The van der Waals surface area contributed by atoms with E-state index >= 15 is 0 Å². The molecule has 7 heteroatoms. The SMILES string of the molecule is COC(=O)c1cn(Cc2cccc(C(=N)N)c2)cc1Cc1ccc(C(=N)N)cc1. The lowest BCUT2D eigenvalue weighted by atomic mass is 10.0. The van der Waals surface area contributed by atoms with Crippen molar-refractivity contribution >= 4 is 17.6 Å². The van der Waals surface area contributed by atoms with Crippen molar-refractivity contribution in [3.8, 4) is 0 Å². The number of carbonyl (C=O) groups excluding carboxylic acids is 1. The molecule has 3 rings (SSSR count). The van der Waals surface area contributed by atoms with Crippen LogP contribution in [0.5, 0.6) is 0 Å². The summed E-state index contributed by atoms with van der Waals surface area (Å²) in [6.07, 6.45) is 4.24. The van der Waals surface area contributed by atoms with Crippen LogP contribution in [0.4, 0.5) is 0 Å². The minimum Gasteiger partial charge on any atom is -0.465 e. The van der Waals surface area contributed by atoms with E-state index in [0.29, 0.717) is 29.7 Å². The average Bonchev–Trinajstić information content (AvgIpc) is 3.10. The molecular formula is C22H23N5O2. The van der Waals surface area contributed by atoms with E-state index in [4.69, 9.17) is 27.0 Å². The number of carbonyl (C=O) groups is 1. The van der Waals surface area contributed by atoms with Crippen molar-refractivity contribution in [3.63, 3.8) is 0 Å². The maximum atomic E-state index is 12.3. The molecule has 148 valence electrons. The summed E-state index contributed by atoms with van der Waals surface area (Å²) < 4.78 is 6.86. The summed E-state index contributed by atoms with van der Waals surface area (Å²) in [5.74, 6) is -0.355. The van der Waals surface area contributed by atoms with Crippen molar-refractivity contribution in [2.45, 2.75) is 13.0 Å². The van der Waals surface area contributed by atoms with Crippen LogP contribution >= 0.6 is 0 Å².